The van der Waals surface area contributed by atoms with Crippen molar-refractivity contribution in [1.82, 2.24) is 0 Å². The van der Waals surface area contributed by atoms with E-state index in [9.17, 15) is 8.22 Å². The van der Waals surface area contributed by atoms with Gasteiger partial charge in [0, 0.05) is 17.1 Å². The molecule has 1 heteroatoms. The van der Waals surface area contributed by atoms with Crippen molar-refractivity contribution in [3.05, 3.63) is 212 Å². The fourth-order valence-corrected chi connectivity index (χ4v) is 6.78. The van der Waals surface area contributed by atoms with Gasteiger partial charge in [0.25, 0.3) is 0 Å². The molecule has 9 aromatic rings. The molecule has 0 aliphatic heterocycles. The third-order valence-corrected chi connectivity index (χ3v) is 9.22. The lowest BCUT2D eigenvalue weighted by Gasteiger charge is -2.27. The molecule has 0 aliphatic carbocycles. The first-order valence-electron chi connectivity index (χ1n) is 20.9. The summed E-state index contributed by atoms with van der Waals surface area (Å²) in [6.07, 6.45) is 0. The first-order chi connectivity index (χ1) is 28.7. The number of nitrogens with zero attached hydrogens (tertiary/aromatic N) is 1. The molecule has 0 atom stereocenters. The van der Waals surface area contributed by atoms with E-state index in [4.69, 9.17) is 2.74 Å². The minimum Gasteiger partial charge on any atom is -0.310 e. The zero-order chi connectivity index (χ0) is 40.9. The van der Waals surface area contributed by atoms with Crippen LogP contribution < -0.4 is 4.90 Å². The van der Waals surface area contributed by atoms with E-state index < -0.39 is 12.1 Å². The molecule has 240 valence electrons. The third kappa shape index (κ3) is 5.86. The van der Waals surface area contributed by atoms with Gasteiger partial charge in [-0.2, -0.15) is 0 Å². The molecule has 0 N–H and O–H groups in total. The molecule has 0 saturated carbocycles. The molecular formula is C50H35N. The molecule has 1 nitrogen and oxygen atoms in total. The van der Waals surface area contributed by atoms with Crippen molar-refractivity contribution < 1.29 is 11.0 Å². The molecule has 0 radical (unpaired) electrons. The predicted octanol–water partition coefficient (Wildman–Crippen LogP) is 14.1. The summed E-state index contributed by atoms with van der Waals surface area (Å²) in [6, 6.07) is 49.2. The van der Waals surface area contributed by atoms with Crippen LogP contribution in [0.2, 0.25) is 0 Å². The van der Waals surface area contributed by atoms with Crippen LogP contribution in [0.3, 0.4) is 0 Å². The van der Waals surface area contributed by atoms with Gasteiger partial charge in [0.1, 0.15) is 0 Å². The van der Waals surface area contributed by atoms with E-state index in [0.29, 0.717) is 16.8 Å². The highest BCUT2D eigenvalue weighted by atomic mass is 15.1. The normalized spacial score (nSPS) is 13.3. The molecule has 0 spiro atoms. The van der Waals surface area contributed by atoms with Crippen LogP contribution in [0.15, 0.2) is 212 Å². The maximum atomic E-state index is 9.79. The van der Waals surface area contributed by atoms with Crippen molar-refractivity contribution in [3.63, 3.8) is 0 Å². The number of anilines is 3. The number of hydrogen-bond acceptors (Lipinski definition) is 1. The largest absolute Gasteiger partial charge is 0.310 e. The highest BCUT2D eigenvalue weighted by Gasteiger charge is 2.17. The minimum absolute atomic E-state index is 0.124. The van der Waals surface area contributed by atoms with E-state index in [0.717, 1.165) is 43.8 Å². The molecule has 9 aromatic carbocycles. The smallest absolute Gasteiger partial charge is 0.0651 e. The third-order valence-electron chi connectivity index (χ3n) is 9.22. The van der Waals surface area contributed by atoms with Crippen LogP contribution in [0, 0.1) is 0 Å². The molecule has 0 heterocycles. The van der Waals surface area contributed by atoms with Gasteiger partial charge in [-0.05, 0) is 102 Å². The number of fused-ring (bicyclic) bond motifs is 2. The Morgan fingerprint density at radius 2 is 0.961 bits per heavy atom. The molecular weight excluding hydrogens is 615 g/mol. The van der Waals surface area contributed by atoms with Gasteiger partial charge in [0.15, 0.2) is 0 Å². The highest BCUT2D eigenvalue weighted by molar-refractivity contribution is 6.04. The second-order valence-electron chi connectivity index (χ2n) is 12.3. The van der Waals surface area contributed by atoms with Crippen LogP contribution in [-0.4, -0.2) is 0 Å². The summed E-state index contributed by atoms with van der Waals surface area (Å²) in [5, 5.41) is 3.81. The Bertz CT molecular complexity index is 3040. The quantitative estimate of drug-likeness (QED) is 0.165. The van der Waals surface area contributed by atoms with E-state index in [-0.39, 0.29) is 58.8 Å². The SMILES string of the molecule is [2H]c1c([2H])c(-c2cccc3ccccc23)c([2H])c(N(c2ccc(-c3ccc4ccccc4c3-c3ccccc3)cc2)c2c([2H])c([2H])c(-c3ccccc3)c([2H])c2[2H])c1[2H]. The average Bonchev–Trinajstić information content (AvgIpc) is 3.27. The van der Waals surface area contributed by atoms with Crippen LogP contribution >= 0.6 is 0 Å². The van der Waals surface area contributed by atoms with Crippen LogP contribution in [-0.2, 0) is 0 Å². The number of rotatable bonds is 7. The fraction of sp³-hybridized carbons (Fsp3) is 0. The van der Waals surface area contributed by atoms with Crippen LogP contribution in [0.25, 0.3) is 66.1 Å². The van der Waals surface area contributed by atoms with Gasteiger partial charge in [-0.25, -0.2) is 0 Å². The van der Waals surface area contributed by atoms with Gasteiger partial charge < -0.3 is 4.90 Å². The van der Waals surface area contributed by atoms with Crippen molar-refractivity contribution in [2.24, 2.45) is 0 Å². The van der Waals surface area contributed by atoms with E-state index in [1.165, 1.54) is 4.90 Å². The summed E-state index contributed by atoms with van der Waals surface area (Å²) < 4.78 is 74.7. The van der Waals surface area contributed by atoms with E-state index in [1.54, 1.807) is 42.5 Å². The molecule has 0 amide bonds. The average molecular weight is 658 g/mol. The second-order valence-corrected chi connectivity index (χ2v) is 12.3. The zero-order valence-electron chi connectivity index (χ0n) is 35.5. The standard InChI is InChI=1S/C50H35N/c1-3-13-36(14-4-1)37-25-30-43(31-26-37)51(45-21-11-20-42(35-45)47-24-12-19-38-15-7-9-22-46(38)47)44-32-27-40(28-33-44)49-34-29-39-16-8-10-23-48(39)50(49)41-17-5-2-6-18-41/h1-35H/i11D,20D,21D,25D,26D,30D,31D,35D. The molecule has 9 rings (SSSR count). The van der Waals surface area contributed by atoms with Crippen molar-refractivity contribution in [3.8, 4) is 44.5 Å². The lowest BCUT2D eigenvalue weighted by atomic mass is 9.90. The van der Waals surface area contributed by atoms with E-state index in [1.807, 2.05) is 84.9 Å². The predicted molar refractivity (Wildman–Crippen MR) is 218 cm³/mol. The molecule has 51 heavy (non-hydrogen) atoms. The summed E-state index contributed by atoms with van der Waals surface area (Å²) in [4.78, 5) is 1.40. The van der Waals surface area contributed by atoms with E-state index >= 15 is 0 Å². The second kappa shape index (κ2) is 13.3. The van der Waals surface area contributed by atoms with E-state index in [2.05, 4.69) is 36.4 Å². The molecule has 0 aromatic heterocycles. The number of benzene rings is 9. The minimum atomic E-state index is -0.446. The Morgan fingerprint density at radius 1 is 0.333 bits per heavy atom. The maximum Gasteiger partial charge on any atom is 0.0651 e. The molecule has 0 bridgehead atoms. The van der Waals surface area contributed by atoms with Crippen molar-refractivity contribution >= 4 is 38.6 Å². The van der Waals surface area contributed by atoms with Crippen LogP contribution in [0.1, 0.15) is 11.0 Å². The van der Waals surface area contributed by atoms with Gasteiger partial charge in [-0.15, -0.1) is 0 Å². The molecule has 0 aliphatic rings. The van der Waals surface area contributed by atoms with Gasteiger partial charge in [-0.3, -0.25) is 0 Å². The van der Waals surface area contributed by atoms with Crippen molar-refractivity contribution in [2.75, 3.05) is 4.90 Å². The monoisotopic (exact) mass is 657 g/mol. The summed E-state index contributed by atoms with van der Waals surface area (Å²) in [5.41, 5.74) is 5.28. The summed E-state index contributed by atoms with van der Waals surface area (Å²) in [5.74, 6) is 0. The topological polar surface area (TPSA) is 3.24 Å². The van der Waals surface area contributed by atoms with Gasteiger partial charge in [0.05, 0.1) is 11.0 Å². The Hall–Kier alpha value is -6.70. The first kappa shape index (κ1) is 22.8. The number of hydrogen-bond donors (Lipinski definition) is 0. The molecule has 0 unspecified atom stereocenters. The van der Waals surface area contributed by atoms with Crippen LogP contribution in [0.4, 0.5) is 17.1 Å². The van der Waals surface area contributed by atoms with Gasteiger partial charge in [0.2, 0.25) is 0 Å². The Labute approximate surface area is 310 Å². The Morgan fingerprint density at radius 3 is 1.71 bits per heavy atom. The molecule has 0 saturated heterocycles. The lowest BCUT2D eigenvalue weighted by molar-refractivity contribution is 1.28. The van der Waals surface area contributed by atoms with Crippen LogP contribution in [0.5, 0.6) is 0 Å². The first-order valence-corrected chi connectivity index (χ1v) is 16.9. The Kier molecular flexibility index (Phi) is 5.96. The van der Waals surface area contributed by atoms with Gasteiger partial charge in [-0.1, -0.05) is 176 Å². The maximum absolute atomic E-state index is 9.79. The van der Waals surface area contributed by atoms with Gasteiger partial charge >= 0.3 is 0 Å². The summed E-state index contributed by atoms with van der Waals surface area (Å²) in [6.45, 7) is 0. The summed E-state index contributed by atoms with van der Waals surface area (Å²) in [7, 11) is 0. The summed E-state index contributed by atoms with van der Waals surface area (Å²) >= 11 is 0. The lowest BCUT2D eigenvalue weighted by Crippen LogP contribution is -2.10. The van der Waals surface area contributed by atoms with Crippen molar-refractivity contribution in [2.45, 2.75) is 0 Å². The molecule has 0 fully saturated rings. The van der Waals surface area contributed by atoms with Crippen molar-refractivity contribution in [1.29, 1.82) is 0 Å². The highest BCUT2D eigenvalue weighted by Crippen LogP contribution is 2.42. The Balaban J connectivity index is 1.31. The zero-order valence-corrected chi connectivity index (χ0v) is 27.5. The fourth-order valence-electron chi connectivity index (χ4n) is 6.78.